The second-order valence-corrected chi connectivity index (χ2v) is 5.01. The average Bonchev–Trinajstić information content (AvgIpc) is 2.33. The average molecular weight is 264 g/mol. The monoisotopic (exact) mass is 264 g/mol. The third-order valence-corrected chi connectivity index (χ3v) is 3.54. The molecule has 18 heavy (non-hydrogen) atoms. The first-order chi connectivity index (χ1) is 8.47. The molecule has 2 fully saturated rings. The van der Waals surface area contributed by atoms with Gasteiger partial charge in [0.25, 0.3) is 0 Å². The third kappa shape index (κ3) is 2.67. The number of aliphatic hydroxyl groups is 4. The van der Waals surface area contributed by atoms with Gasteiger partial charge in [0, 0.05) is 7.11 Å². The first-order valence-electron chi connectivity index (χ1n) is 5.99. The van der Waals surface area contributed by atoms with Crippen molar-refractivity contribution in [2.75, 3.05) is 20.3 Å². The number of ether oxygens (including phenoxy) is 3. The zero-order valence-corrected chi connectivity index (χ0v) is 10.2. The van der Waals surface area contributed by atoms with Crippen molar-refractivity contribution in [3.63, 3.8) is 0 Å². The molecule has 2 heterocycles. The molecule has 106 valence electrons. The highest BCUT2D eigenvalue weighted by atomic mass is 16.7. The summed E-state index contributed by atoms with van der Waals surface area (Å²) in [6.07, 6.45) is -4.70. The van der Waals surface area contributed by atoms with E-state index < -0.39 is 36.3 Å². The van der Waals surface area contributed by atoms with Gasteiger partial charge in [-0.15, -0.1) is 0 Å². The Morgan fingerprint density at radius 1 is 1.17 bits per heavy atom. The largest absolute Gasteiger partial charge is 0.388 e. The fourth-order valence-electron chi connectivity index (χ4n) is 2.24. The lowest BCUT2D eigenvalue weighted by atomic mass is 9.89. The number of methoxy groups -OCH3 is 1. The van der Waals surface area contributed by atoms with Crippen molar-refractivity contribution in [2.24, 2.45) is 0 Å². The van der Waals surface area contributed by atoms with Crippen LogP contribution >= 0.6 is 0 Å². The van der Waals surface area contributed by atoms with Crippen molar-refractivity contribution in [3.05, 3.63) is 0 Å². The summed E-state index contributed by atoms with van der Waals surface area (Å²) in [4.78, 5) is 0. The van der Waals surface area contributed by atoms with E-state index in [2.05, 4.69) is 0 Å². The standard InChI is InChI=1S/C11H20O7/c1-16-10-9(14)8(13)7(12)6(18-10)2-3-11(15)4-17-5-11/h6-10,12-15H,2-5H2,1H3/t6-,7-,8+,9+,10+/m1/s1. The number of hydrogen-bond acceptors (Lipinski definition) is 7. The fraction of sp³-hybridized carbons (Fsp3) is 1.00. The van der Waals surface area contributed by atoms with Crippen molar-refractivity contribution in [1.82, 2.24) is 0 Å². The van der Waals surface area contributed by atoms with Crippen LogP contribution in [0.3, 0.4) is 0 Å². The lowest BCUT2D eigenvalue weighted by Crippen LogP contribution is -2.58. The highest BCUT2D eigenvalue weighted by molar-refractivity contribution is 4.92. The van der Waals surface area contributed by atoms with Gasteiger partial charge in [-0.3, -0.25) is 0 Å². The maximum absolute atomic E-state index is 9.86. The molecule has 0 saturated carbocycles. The van der Waals surface area contributed by atoms with Gasteiger partial charge in [0.1, 0.15) is 23.9 Å². The topological polar surface area (TPSA) is 109 Å². The Morgan fingerprint density at radius 3 is 2.33 bits per heavy atom. The second-order valence-electron chi connectivity index (χ2n) is 5.01. The molecule has 0 bridgehead atoms. The van der Waals surface area contributed by atoms with Crippen LogP contribution in [0.1, 0.15) is 12.8 Å². The fourth-order valence-corrected chi connectivity index (χ4v) is 2.24. The van der Waals surface area contributed by atoms with E-state index in [0.717, 1.165) is 0 Å². The minimum absolute atomic E-state index is 0.273. The van der Waals surface area contributed by atoms with Crippen LogP contribution in [0.15, 0.2) is 0 Å². The minimum Gasteiger partial charge on any atom is -0.388 e. The van der Waals surface area contributed by atoms with E-state index in [1.807, 2.05) is 0 Å². The highest BCUT2D eigenvalue weighted by Gasteiger charge is 2.45. The van der Waals surface area contributed by atoms with Crippen LogP contribution < -0.4 is 0 Å². The summed E-state index contributed by atoms with van der Waals surface area (Å²) in [5.41, 5.74) is -0.868. The third-order valence-electron chi connectivity index (χ3n) is 3.54. The summed E-state index contributed by atoms with van der Waals surface area (Å²) in [6, 6.07) is 0. The molecular formula is C11H20O7. The van der Waals surface area contributed by atoms with E-state index in [-0.39, 0.29) is 13.2 Å². The summed E-state index contributed by atoms with van der Waals surface area (Å²) < 4.78 is 15.2. The van der Waals surface area contributed by atoms with Crippen LogP contribution in [0, 0.1) is 0 Å². The number of hydrogen-bond donors (Lipinski definition) is 4. The Labute approximate surface area is 105 Å². The van der Waals surface area contributed by atoms with Gasteiger partial charge < -0.3 is 34.6 Å². The molecule has 0 amide bonds. The van der Waals surface area contributed by atoms with Crippen molar-refractivity contribution < 1.29 is 34.6 Å². The van der Waals surface area contributed by atoms with Crippen LogP contribution in [0.2, 0.25) is 0 Å². The first-order valence-corrected chi connectivity index (χ1v) is 5.99. The Hall–Kier alpha value is -0.280. The molecule has 0 aromatic rings. The molecule has 0 spiro atoms. The van der Waals surface area contributed by atoms with Gasteiger partial charge in [-0.2, -0.15) is 0 Å². The summed E-state index contributed by atoms with van der Waals surface area (Å²) >= 11 is 0. The normalized spacial score (nSPS) is 43.5. The molecule has 2 aliphatic rings. The zero-order chi connectivity index (χ0) is 13.3. The Morgan fingerprint density at radius 2 is 1.83 bits per heavy atom. The molecule has 2 saturated heterocycles. The second kappa shape index (κ2) is 5.38. The summed E-state index contributed by atoms with van der Waals surface area (Å²) in [5, 5.41) is 38.9. The van der Waals surface area contributed by atoms with E-state index in [0.29, 0.717) is 12.8 Å². The summed E-state index contributed by atoms with van der Waals surface area (Å²) in [7, 11) is 1.35. The number of rotatable bonds is 4. The summed E-state index contributed by atoms with van der Waals surface area (Å²) in [6.45, 7) is 0.545. The maximum Gasteiger partial charge on any atom is 0.186 e. The molecule has 7 nitrogen and oxygen atoms in total. The van der Waals surface area contributed by atoms with Gasteiger partial charge in [-0.1, -0.05) is 0 Å². The Balaban J connectivity index is 1.90. The van der Waals surface area contributed by atoms with Crippen LogP contribution in [0.5, 0.6) is 0 Å². The lowest BCUT2D eigenvalue weighted by Gasteiger charge is -2.42. The predicted octanol–water partition coefficient (Wildman–Crippen LogP) is -2.02. The first kappa shape index (κ1) is 14.1. The zero-order valence-electron chi connectivity index (χ0n) is 10.2. The van der Waals surface area contributed by atoms with Crippen molar-refractivity contribution in [3.8, 4) is 0 Å². The molecule has 7 heteroatoms. The molecule has 0 aliphatic carbocycles. The molecule has 0 unspecified atom stereocenters. The van der Waals surface area contributed by atoms with E-state index in [9.17, 15) is 20.4 Å². The maximum atomic E-state index is 9.86. The molecule has 0 aromatic heterocycles. The van der Waals surface area contributed by atoms with E-state index in [4.69, 9.17) is 14.2 Å². The van der Waals surface area contributed by atoms with E-state index in [1.54, 1.807) is 0 Å². The van der Waals surface area contributed by atoms with Gasteiger partial charge >= 0.3 is 0 Å². The van der Waals surface area contributed by atoms with E-state index in [1.165, 1.54) is 7.11 Å². The van der Waals surface area contributed by atoms with Gasteiger partial charge in [-0.25, -0.2) is 0 Å². The minimum atomic E-state index is -1.32. The predicted molar refractivity (Wildman–Crippen MR) is 58.7 cm³/mol. The van der Waals surface area contributed by atoms with Crippen LogP contribution in [0.25, 0.3) is 0 Å². The Bertz CT molecular complexity index is 279. The molecule has 5 atom stereocenters. The number of aliphatic hydroxyl groups excluding tert-OH is 3. The van der Waals surface area contributed by atoms with E-state index >= 15 is 0 Å². The van der Waals surface area contributed by atoms with Crippen LogP contribution in [-0.4, -0.2) is 77.1 Å². The molecule has 0 radical (unpaired) electrons. The van der Waals surface area contributed by atoms with Crippen molar-refractivity contribution in [2.45, 2.75) is 49.1 Å². The van der Waals surface area contributed by atoms with Gasteiger partial charge in [0.2, 0.25) is 0 Å². The SMILES string of the molecule is CO[C@H]1O[C@H](CCC2(O)COC2)[C@@H](O)[C@H](O)[C@@H]1O. The quantitative estimate of drug-likeness (QED) is 0.464. The molecule has 2 aliphatic heterocycles. The van der Waals surface area contributed by atoms with Crippen molar-refractivity contribution >= 4 is 0 Å². The van der Waals surface area contributed by atoms with Crippen LogP contribution in [0.4, 0.5) is 0 Å². The molecular weight excluding hydrogens is 244 g/mol. The molecule has 0 aromatic carbocycles. The van der Waals surface area contributed by atoms with Crippen molar-refractivity contribution in [1.29, 1.82) is 0 Å². The van der Waals surface area contributed by atoms with Gasteiger partial charge in [-0.05, 0) is 12.8 Å². The van der Waals surface area contributed by atoms with Gasteiger partial charge in [0.05, 0.1) is 19.3 Å². The summed E-state index contributed by atoms with van der Waals surface area (Å²) in [5.74, 6) is 0. The smallest absolute Gasteiger partial charge is 0.186 e. The molecule has 2 rings (SSSR count). The lowest BCUT2D eigenvalue weighted by molar-refractivity contribution is -0.293. The highest BCUT2D eigenvalue weighted by Crippen LogP contribution is 2.29. The van der Waals surface area contributed by atoms with Gasteiger partial charge in [0.15, 0.2) is 6.29 Å². The van der Waals surface area contributed by atoms with Crippen LogP contribution in [-0.2, 0) is 14.2 Å². The molecule has 4 N–H and O–H groups in total. The Kier molecular flexibility index (Phi) is 4.22.